The second-order valence-corrected chi connectivity index (χ2v) is 8.51. The average molecular weight is 404 g/mol. The third kappa shape index (κ3) is 4.90. The molecule has 0 aliphatic carbocycles. The van der Waals surface area contributed by atoms with Crippen molar-refractivity contribution in [2.75, 3.05) is 37.6 Å². The Morgan fingerprint density at radius 1 is 0.833 bits per heavy atom. The number of aryl methyl sites for hydroxylation is 4. The molecule has 0 unspecified atom stereocenters. The molecule has 30 heavy (non-hydrogen) atoms. The first-order chi connectivity index (χ1) is 14.6. The minimum absolute atomic E-state index is 0.932. The lowest BCUT2D eigenvalue weighted by Crippen LogP contribution is -2.46. The molecule has 5 heteroatoms. The summed E-state index contributed by atoms with van der Waals surface area (Å²) in [6, 6.07) is 15.1. The molecule has 1 aliphatic rings. The number of benzene rings is 2. The molecule has 3 aromatic rings. The predicted molar refractivity (Wildman–Crippen MR) is 124 cm³/mol. The monoisotopic (exact) mass is 403 g/mol. The van der Waals surface area contributed by atoms with Gasteiger partial charge in [0.25, 0.3) is 0 Å². The summed E-state index contributed by atoms with van der Waals surface area (Å²) < 4.78 is 1.99. The normalized spacial score (nSPS) is 15.0. The molecule has 0 amide bonds. The Morgan fingerprint density at radius 3 is 2.40 bits per heavy atom. The summed E-state index contributed by atoms with van der Waals surface area (Å²) >= 11 is 0. The summed E-state index contributed by atoms with van der Waals surface area (Å²) in [4.78, 5) is 5.14. The number of hydrogen-bond acceptors (Lipinski definition) is 4. The zero-order valence-electron chi connectivity index (χ0n) is 18.5. The lowest BCUT2D eigenvalue weighted by Gasteiger charge is -2.37. The van der Waals surface area contributed by atoms with E-state index in [1.165, 1.54) is 40.9 Å². The lowest BCUT2D eigenvalue weighted by atomic mass is 10.1. The molecule has 2 heterocycles. The first-order valence-corrected chi connectivity index (χ1v) is 11.1. The van der Waals surface area contributed by atoms with Crippen LogP contribution in [0.25, 0.3) is 11.3 Å². The summed E-state index contributed by atoms with van der Waals surface area (Å²) in [5.41, 5.74) is 7.51. The maximum atomic E-state index is 4.36. The molecule has 1 fully saturated rings. The second kappa shape index (κ2) is 9.43. The third-order valence-electron chi connectivity index (χ3n) is 6.15. The largest absolute Gasteiger partial charge is 0.369 e. The third-order valence-corrected chi connectivity index (χ3v) is 6.15. The van der Waals surface area contributed by atoms with E-state index in [1.807, 2.05) is 4.68 Å². The molecule has 5 nitrogen and oxygen atoms in total. The number of rotatable bonds is 7. The van der Waals surface area contributed by atoms with E-state index >= 15 is 0 Å². The fraction of sp³-hybridized carbons (Fsp3) is 0.440. The van der Waals surface area contributed by atoms with Crippen LogP contribution in [-0.4, -0.2) is 52.6 Å². The molecule has 0 atom stereocenters. The van der Waals surface area contributed by atoms with E-state index in [4.69, 9.17) is 0 Å². The Morgan fingerprint density at radius 2 is 1.60 bits per heavy atom. The first-order valence-electron chi connectivity index (χ1n) is 11.1. The van der Waals surface area contributed by atoms with Gasteiger partial charge in [-0.2, -0.15) is 0 Å². The van der Waals surface area contributed by atoms with Crippen molar-refractivity contribution in [1.29, 1.82) is 0 Å². The molecule has 0 N–H and O–H groups in total. The molecule has 0 bridgehead atoms. The van der Waals surface area contributed by atoms with Crippen molar-refractivity contribution in [3.05, 3.63) is 65.4 Å². The number of piperazine rings is 1. The van der Waals surface area contributed by atoms with Crippen LogP contribution in [0.1, 0.15) is 29.5 Å². The van der Waals surface area contributed by atoms with E-state index in [2.05, 4.69) is 89.5 Å². The van der Waals surface area contributed by atoms with Gasteiger partial charge in [0.1, 0.15) is 5.69 Å². The van der Waals surface area contributed by atoms with Crippen molar-refractivity contribution in [3.8, 4) is 11.3 Å². The SMILES string of the molecule is Cc1ccc(C)c(N2CCN(CCCCn3cc(-c4ccccc4C)nn3)CC2)c1. The van der Waals surface area contributed by atoms with Crippen LogP contribution in [-0.2, 0) is 6.54 Å². The zero-order chi connectivity index (χ0) is 20.9. The van der Waals surface area contributed by atoms with E-state index in [0.717, 1.165) is 44.8 Å². The maximum absolute atomic E-state index is 4.36. The molecular formula is C25H33N5. The van der Waals surface area contributed by atoms with Crippen LogP contribution >= 0.6 is 0 Å². The average Bonchev–Trinajstić information content (AvgIpc) is 3.22. The first kappa shape index (κ1) is 20.6. The summed E-state index contributed by atoms with van der Waals surface area (Å²) in [5, 5.41) is 8.69. The molecule has 158 valence electrons. The van der Waals surface area contributed by atoms with Crippen LogP contribution in [0, 0.1) is 20.8 Å². The van der Waals surface area contributed by atoms with Crippen molar-refractivity contribution < 1.29 is 0 Å². The number of aromatic nitrogens is 3. The van der Waals surface area contributed by atoms with Crippen molar-refractivity contribution in [2.24, 2.45) is 0 Å². The molecule has 4 rings (SSSR count). The quantitative estimate of drug-likeness (QED) is 0.546. The fourth-order valence-corrected chi connectivity index (χ4v) is 4.27. The van der Waals surface area contributed by atoms with Crippen molar-refractivity contribution in [3.63, 3.8) is 0 Å². The predicted octanol–water partition coefficient (Wildman–Crippen LogP) is 4.47. The molecule has 0 saturated carbocycles. The number of unbranched alkanes of at least 4 members (excludes halogenated alkanes) is 1. The lowest BCUT2D eigenvalue weighted by molar-refractivity contribution is 0.250. The van der Waals surface area contributed by atoms with Gasteiger partial charge in [0.2, 0.25) is 0 Å². The molecule has 1 aliphatic heterocycles. The van der Waals surface area contributed by atoms with E-state index in [1.54, 1.807) is 0 Å². The Balaban J connectivity index is 1.20. The molecule has 0 radical (unpaired) electrons. The standard InChI is InChI=1S/C25H33N5/c1-20-10-11-22(3)25(18-20)29-16-14-28(15-17-29)12-6-7-13-30-19-24(26-27-30)23-9-5-4-8-21(23)2/h4-5,8-11,18-19H,6-7,12-17H2,1-3H3. The molecule has 0 spiro atoms. The summed E-state index contributed by atoms with van der Waals surface area (Å²) in [6.07, 6.45) is 4.40. The van der Waals surface area contributed by atoms with Gasteiger partial charge in [-0.3, -0.25) is 9.58 Å². The van der Waals surface area contributed by atoms with Crippen LogP contribution in [0.15, 0.2) is 48.7 Å². The Hall–Kier alpha value is -2.66. The van der Waals surface area contributed by atoms with Crippen LogP contribution in [0.3, 0.4) is 0 Å². The molecule has 2 aromatic carbocycles. The summed E-state index contributed by atoms with van der Waals surface area (Å²) in [5.74, 6) is 0. The highest BCUT2D eigenvalue weighted by Gasteiger charge is 2.18. The van der Waals surface area contributed by atoms with Crippen molar-refractivity contribution in [2.45, 2.75) is 40.2 Å². The second-order valence-electron chi connectivity index (χ2n) is 8.51. The van der Waals surface area contributed by atoms with E-state index < -0.39 is 0 Å². The van der Waals surface area contributed by atoms with Crippen molar-refractivity contribution >= 4 is 5.69 Å². The van der Waals surface area contributed by atoms with Gasteiger partial charge in [0, 0.05) is 44.0 Å². The van der Waals surface area contributed by atoms with Gasteiger partial charge in [-0.05, 0) is 62.9 Å². The highest BCUT2D eigenvalue weighted by molar-refractivity contribution is 5.61. The van der Waals surface area contributed by atoms with E-state index in [-0.39, 0.29) is 0 Å². The molecule has 1 saturated heterocycles. The minimum Gasteiger partial charge on any atom is -0.369 e. The van der Waals surface area contributed by atoms with Gasteiger partial charge in [-0.15, -0.1) is 5.10 Å². The van der Waals surface area contributed by atoms with Gasteiger partial charge in [-0.1, -0.05) is 41.6 Å². The highest BCUT2D eigenvalue weighted by Crippen LogP contribution is 2.23. The fourth-order valence-electron chi connectivity index (χ4n) is 4.27. The van der Waals surface area contributed by atoms with Crippen LogP contribution < -0.4 is 4.90 Å². The van der Waals surface area contributed by atoms with Gasteiger partial charge >= 0.3 is 0 Å². The van der Waals surface area contributed by atoms with Crippen LogP contribution in [0.4, 0.5) is 5.69 Å². The minimum atomic E-state index is 0.932. The topological polar surface area (TPSA) is 37.2 Å². The van der Waals surface area contributed by atoms with E-state index in [9.17, 15) is 0 Å². The number of hydrogen-bond donors (Lipinski definition) is 0. The van der Waals surface area contributed by atoms with Gasteiger partial charge < -0.3 is 4.90 Å². The summed E-state index contributed by atoms with van der Waals surface area (Å²) in [7, 11) is 0. The highest BCUT2D eigenvalue weighted by atomic mass is 15.4. The van der Waals surface area contributed by atoms with Gasteiger partial charge in [0.05, 0.1) is 6.20 Å². The molecule has 1 aromatic heterocycles. The van der Waals surface area contributed by atoms with Crippen molar-refractivity contribution in [1.82, 2.24) is 19.9 Å². The van der Waals surface area contributed by atoms with Crippen LogP contribution in [0.5, 0.6) is 0 Å². The zero-order valence-corrected chi connectivity index (χ0v) is 18.5. The number of anilines is 1. The van der Waals surface area contributed by atoms with E-state index in [0.29, 0.717) is 0 Å². The maximum Gasteiger partial charge on any atom is 0.113 e. The Kier molecular flexibility index (Phi) is 6.48. The smallest absolute Gasteiger partial charge is 0.113 e. The van der Waals surface area contributed by atoms with Crippen LogP contribution in [0.2, 0.25) is 0 Å². The van der Waals surface area contributed by atoms with Gasteiger partial charge in [0.15, 0.2) is 0 Å². The summed E-state index contributed by atoms with van der Waals surface area (Å²) in [6.45, 7) is 13.1. The Bertz CT molecular complexity index is 969. The Labute approximate surface area is 180 Å². The molecular weight excluding hydrogens is 370 g/mol. The number of nitrogens with zero attached hydrogens (tertiary/aromatic N) is 5. The van der Waals surface area contributed by atoms with Gasteiger partial charge in [-0.25, -0.2) is 0 Å².